The first-order valence-electron chi connectivity index (χ1n) is 6.45. The van der Waals surface area contributed by atoms with Crippen molar-refractivity contribution in [3.8, 4) is 5.75 Å². The van der Waals surface area contributed by atoms with Crippen LogP contribution in [0.4, 0.5) is 0 Å². The minimum Gasteiger partial charge on any atom is -0.496 e. The smallest absolute Gasteiger partial charge is 0.254 e. The van der Waals surface area contributed by atoms with Crippen LogP contribution < -0.4 is 4.74 Å². The predicted molar refractivity (Wildman–Crippen MR) is 74.5 cm³/mol. The van der Waals surface area contributed by atoms with Crippen LogP contribution in [0.15, 0.2) is 22.7 Å². The Kier molecular flexibility index (Phi) is 3.50. The molecule has 102 valence electrons. The Morgan fingerprint density at radius 3 is 2.63 bits per heavy atom. The Morgan fingerprint density at radius 2 is 2.05 bits per heavy atom. The largest absolute Gasteiger partial charge is 0.496 e. The molecule has 0 spiro atoms. The van der Waals surface area contributed by atoms with Crippen LogP contribution in [0.25, 0.3) is 0 Å². The number of carbonyl (C=O) groups excluding carboxylic acids is 1. The minimum absolute atomic E-state index is 0.0727. The maximum absolute atomic E-state index is 12.5. The highest BCUT2D eigenvalue weighted by Gasteiger charge is 2.35. The van der Waals surface area contributed by atoms with E-state index in [-0.39, 0.29) is 18.1 Å². The number of benzene rings is 1. The minimum atomic E-state index is 0.0727. The Labute approximate surface area is 120 Å². The van der Waals surface area contributed by atoms with E-state index in [1.807, 2.05) is 23.1 Å². The normalized spacial score (nSPS) is 25.5. The van der Waals surface area contributed by atoms with E-state index in [4.69, 9.17) is 9.47 Å². The number of nitrogens with zero attached hydrogens (tertiary/aromatic N) is 1. The fraction of sp³-hybridized carbons (Fsp3) is 0.500. The van der Waals surface area contributed by atoms with Gasteiger partial charge in [0.05, 0.1) is 23.8 Å². The SMILES string of the molecule is COc1ccc(C(=O)N2CC3CCC(C2)O3)cc1Br. The number of likely N-dealkylation sites (tertiary alicyclic amines) is 1. The summed E-state index contributed by atoms with van der Waals surface area (Å²) in [5, 5.41) is 0. The van der Waals surface area contributed by atoms with E-state index in [2.05, 4.69) is 15.9 Å². The number of ether oxygens (including phenoxy) is 2. The molecule has 1 aromatic carbocycles. The van der Waals surface area contributed by atoms with E-state index < -0.39 is 0 Å². The van der Waals surface area contributed by atoms with Gasteiger partial charge in [0.15, 0.2) is 0 Å². The highest BCUT2D eigenvalue weighted by atomic mass is 79.9. The summed E-state index contributed by atoms with van der Waals surface area (Å²) in [6.07, 6.45) is 2.59. The van der Waals surface area contributed by atoms with Crippen molar-refractivity contribution in [3.63, 3.8) is 0 Å². The monoisotopic (exact) mass is 325 g/mol. The topological polar surface area (TPSA) is 38.8 Å². The molecule has 0 saturated carbocycles. The lowest BCUT2D eigenvalue weighted by atomic mass is 10.1. The molecule has 2 aliphatic heterocycles. The molecule has 1 aromatic rings. The zero-order valence-electron chi connectivity index (χ0n) is 10.8. The van der Waals surface area contributed by atoms with E-state index >= 15 is 0 Å². The second kappa shape index (κ2) is 5.13. The zero-order chi connectivity index (χ0) is 13.4. The second-order valence-corrected chi connectivity index (χ2v) is 5.87. The van der Waals surface area contributed by atoms with Gasteiger partial charge < -0.3 is 14.4 Å². The number of amides is 1. The third-order valence-corrected chi connectivity index (χ3v) is 4.35. The number of hydrogen-bond donors (Lipinski definition) is 0. The number of morpholine rings is 1. The van der Waals surface area contributed by atoms with Crippen molar-refractivity contribution >= 4 is 21.8 Å². The van der Waals surface area contributed by atoms with Gasteiger partial charge in [0.25, 0.3) is 5.91 Å². The second-order valence-electron chi connectivity index (χ2n) is 5.02. The lowest BCUT2D eigenvalue weighted by Crippen LogP contribution is -2.45. The first kappa shape index (κ1) is 12.9. The summed E-state index contributed by atoms with van der Waals surface area (Å²) in [6, 6.07) is 5.44. The average Bonchev–Trinajstić information content (AvgIpc) is 2.76. The highest BCUT2D eigenvalue weighted by Crippen LogP contribution is 2.29. The molecule has 5 heteroatoms. The number of fused-ring (bicyclic) bond motifs is 2. The van der Waals surface area contributed by atoms with Crippen molar-refractivity contribution in [2.45, 2.75) is 25.0 Å². The molecule has 2 bridgehead atoms. The van der Waals surface area contributed by atoms with Gasteiger partial charge in [0.2, 0.25) is 0 Å². The van der Waals surface area contributed by atoms with Crippen LogP contribution in [0.2, 0.25) is 0 Å². The molecular weight excluding hydrogens is 310 g/mol. The van der Waals surface area contributed by atoms with E-state index in [0.29, 0.717) is 18.7 Å². The van der Waals surface area contributed by atoms with E-state index in [0.717, 1.165) is 23.1 Å². The molecular formula is C14H16BrNO3. The average molecular weight is 326 g/mol. The van der Waals surface area contributed by atoms with E-state index in [1.54, 1.807) is 7.11 Å². The standard InChI is InChI=1S/C14H16BrNO3/c1-18-13-5-2-9(6-12(13)15)14(17)16-7-10-3-4-11(8-16)19-10/h2,5-6,10-11H,3-4,7-8H2,1H3. The molecule has 2 saturated heterocycles. The number of rotatable bonds is 2. The van der Waals surface area contributed by atoms with Crippen molar-refractivity contribution in [2.75, 3.05) is 20.2 Å². The quantitative estimate of drug-likeness (QED) is 0.838. The molecule has 1 amide bonds. The van der Waals surface area contributed by atoms with E-state index in [9.17, 15) is 4.79 Å². The van der Waals surface area contributed by atoms with Gasteiger partial charge in [-0.15, -0.1) is 0 Å². The van der Waals surface area contributed by atoms with E-state index in [1.165, 1.54) is 0 Å². The summed E-state index contributed by atoms with van der Waals surface area (Å²) >= 11 is 3.42. The lowest BCUT2D eigenvalue weighted by molar-refractivity contribution is -0.0303. The van der Waals surface area contributed by atoms with Gasteiger partial charge in [-0.1, -0.05) is 0 Å². The molecule has 0 aliphatic carbocycles. The number of halogens is 1. The number of carbonyl (C=O) groups is 1. The van der Waals surface area contributed by atoms with Crippen LogP contribution in [0.1, 0.15) is 23.2 Å². The Bertz CT molecular complexity index is 493. The third kappa shape index (κ3) is 2.49. The van der Waals surface area contributed by atoms with Gasteiger partial charge in [-0.2, -0.15) is 0 Å². The molecule has 2 aliphatic rings. The number of hydrogen-bond acceptors (Lipinski definition) is 3. The Morgan fingerprint density at radius 1 is 1.37 bits per heavy atom. The van der Waals surface area contributed by atoms with Gasteiger partial charge in [0, 0.05) is 18.7 Å². The molecule has 0 N–H and O–H groups in total. The molecule has 3 rings (SSSR count). The molecule has 2 unspecified atom stereocenters. The molecule has 4 nitrogen and oxygen atoms in total. The molecule has 2 atom stereocenters. The maximum Gasteiger partial charge on any atom is 0.254 e. The van der Waals surface area contributed by atoms with Crippen molar-refractivity contribution in [2.24, 2.45) is 0 Å². The molecule has 19 heavy (non-hydrogen) atoms. The van der Waals surface area contributed by atoms with Crippen LogP contribution in [0.5, 0.6) is 5.75 Å². The summed E-state index contributed by atoms with van der Waals surface area (Å²) < 4.78 is 11.7. The fourth-order valence-electron chi connectivity index (χ4n) is 2.76. The van der Waals surface area contributed by atoms with Gasteiger partial charge in [0.1, 0.15) is 5.75 Å². The van der Waals surface area contributed by atoms with Crippen molar-refractivity contribution < 1.29 is 14.3 Å². The first-order valence-corrected chi connectivity index (χ1v) is 7.25. The van der Waals surface area contributed by atoms with Crippen LogP contribution in [-0.4, -0.2) is 43.2 Å². The maximum atomic E-state index is 12.5. The van der Waals surface area contributed by atoms with Crippen LogP contribution >= 0.6 is 15.9 Å². The third-order valence-electron chi connectivity index (χ3n) is 3.73. The lowest BCUT2D eigenvalue weighted by Gasteiger charge is -2.32. The van der Waals surface area contributed by atoms with Crippen molar-refractivity contribution in [1.82, 2.24) is 4.90 Å². The van der Waals surface area contributed by atoms with Gasteiger partial charge >= 0.3 is 0 Å². The molecule has 2 heterocycles. The van der Waals surface area contributed by atoms with Crippen LogP contribution in [-0.2, 0) is 4.74 Å². The summed E-state index contributed by atoms with van der Waals surface area (Å²) in [7, 11) is 1.61. The fourth-order valence-corrected chi connectivity index (χ4v) is 3.30. The predicted octanol–water partition coefficient (Wildman–Crippen LogP) is 2.46. The summed E-state index contributed by atoms with van der Waals surface area (Å²) in [6.45, 7) is 1.41. The first-order chi connectivity index (χ1) is 9.17. The Hall–Kier alpha value is -1.07. The van der Waals surface area contributed by atoms with Gasteiger partial charge in [-0.05, 0) is 47.0 Å². The number of methoxy groups -OCH3 is 1. The summed E-state index contributed by atoms with van der Waals surface area (Å²) in [5.41, 5.74) is 0.689. The van der Waals surface area contributed by atoms with Crippen LogP contribution in [0.3, 0.4) is 0 Å². The van der Waals surface area contributed by atoms with Gasteiger partial charge in [-0.3, -0.25) is 4.79 Å². The Balaban J connectivity index is 1.78. The summed E-state index contributed by atoms with van der Waals surface area (Å²) in [4.78, 5) is 14.4. The zero-order valence-corrected chi connectivity index (χ0v) is 12.4. The van der Waals surface area contributed by atoms with Gasteiger partial charge in [-0.25, -0.2) is 0 Å². The van der Waals surface area contributed by atoms with Crippen molar-refractivity contribution in [3.05, 3.63) is 28.2 Å². The van der Waals surface area contributed by atoms with Crippen LogP contribution in [0, 0.1) is 0 Å². The molecule has 0 aromatic heterocycles. The highest BCUT2D eigenvalue weighted by molar-refractivity contribution is 9.10. The van der Waals surface area contributed by atoms with Crippen molar-refractivity contribution in [1.29, 1.82) is 0 Å². The molecule has 2 fully saturated rings. The summed E-state index contributed by atoms with van der Waals surface area (Å²) in [5.74, 6) is 0.808. The molecule has 0 radical (unpaired) electrons.